The standard InChI is InChI=1S/C57H44F2O16/c1-3-49(60)68-29-7-5-27-66-43-19-13-35(14-20-43)53(62)70-45-23-17-37-31-41(11-9-39(37)33-45)55(64)72-47-25-26-48(52-51(47)74-57(58,59)75-52)73-56(65)42-12-10-40-34-46(24-18-38(40)32-42)71-54(63)36-15-21-44(22-16-36)67-28-6-8-30-69-50(61)4-2/h3-4,9-26,31-34H,1-2,5-8,27-30H2. The van der Waals surface area contributed by atoms with Crippen molar-refractivity contribution in [3.05, 3.63) is 181 Å². The predicted octanol–water partition coefficient (Wildman–Crippen LogP) is 11.0. The number of hydrogen-bond acceptors (Lipinski definition) is 16. The van der Waals surface area contributed by atoms with Crippen LogP contribution >= 0.6 is 0 Å². The number of esters is 6. The SMILES string of the molecule is C=CC(=O)OCCCCOc1ccc(C(=O)Oc2ccc3cc(C(=O)Oc4ccc(OC(=O)c5ccc6cc(OC(=O)c7ccc(OCCCCOC(=O)C=C)cc7)ccc6c5)c5c4OC(F)(F)O5)ccc3c2)cc1. The van der Waals surface area contributed by atoms with Crippen LogP contribution in [-0.2, 0) is 19.1 Å². The maximum absolute atomic E-state index is 14.6. The fourth-order valence-corrected chi connectivity index (χ4v) is 7.24. The van der Waals surface area contributed by atoms with Gasteiger partial charge in [0.1, 0.15) is 23.0 Å². The fourth-order valence-electron chi connectivity index (χ4n) is 7.24. The summed E-state index contributed by atoms with van der Waals surface area (Å²) >= 11 is 0. The molecular weight excluding hydrogens is 979 g/mol. The lowest BCUT2D eigenvalue weighted by atomic mass is 10.1. The first-order chi connectivity index (χ1) is 36.2. The van der Waals surface area contributed by atoms with Crippen molar-refractivity contribution in [2.45, 2.75) is 32.0 Å². The van der Waals surface area contributed by atoms with Crippen molar-refractivity contribution in [2.24, 2.45) is 0 Å². The van der Waals surface area contributed by atoms with Crippen LogP contribution in [0.2, 0.25) is 0 Å². The molecule has 0 amide bonds. The van der Waals surface area contributed by atoms with Crippen molar-refractivity contribution in [3.8, 4) is 46.0 Å². The molecule has 0 N–H and O–H groups in total. The fraction of sp³-hybridized carbons (Fsp3) is 0.158. The lowest BCUT2D eigenvalue weighted by molar-refractivity contribution is -0.287. The molecule has 16 nitrogen and oxygen atoms in total. The van der Waals surface area contributed by atoms with Crippen LogP contribution in [0.4, 0.5) is 8.78 Å². The normalized spacial score (nSPS) is 12.0. The molecule has 8 rings (SSSR count). The van der Waals surface area contributed by atoms with Crippen molar-refractivity contribution in [2.75, 3.05) is 26.4 Å². The van der Waals surface area contributed by atoms with Gasteiger partial charge < -0.3 is 47.4 Å². The highest BCUT2D eigenvalue weighted by molar-refractivity contribution is 5.99. The molecule has 7 aromatic rings. The van der Waals surface area contributed by atoms with E-state index in [1.54, 1.807) is 84.9 Å². The van der Waals surface area contributed by atoms with E-state index in [-0.39, 0.29) is 47.0 Å². The Bertz CT molecular complexity index is 3100. The smallest absolute Gasteiger partial charge is 0.494 e. The number of carbonyl (C=O) groups excluding carboxylic acids is 6. The molecule has 0 saturated carbocycles. The zero-order chi connectivity index (χ0) is 52.9. The molecule has 0 atom stereocenters. The van der Waals surface area contributed by atoms with E-state index in [1.165, 1.54) is 36.4 Å². The average molecular weight is 1020 g/mol. The number of alkyl halides is 2. The van der Waals surface area contributed by atoms with Gasteiger partial charge in [0, 0.05) is 12.2 Å². The molecule has 0 saturated heterocycles. The van der Waals surface area contributed by atoms with Gasteiger partial charge in [0.15, 0.2) is 11.5 Å². The highest BCUT2D eigenvalue weighted by Gasteiger charge is 2.47. The van der Waals surface area contributed by atoms with Gasteiger partial charge in [0.05, 0.1) is 48.7 Å². The molecule has 382 valence electrons. The lowest BCUT2D eigenvalue weighted by Gasteiger charge is -2.11. The predicted molar refractivity (Wildman–Crippen MR) is 265 cm³/mol. The van der Waals surface area contributed by atoms with Crippen LogP contribution in [0, 0.1) is 0 Å². The summed E-state index contributed by atoms with van der Waals surface area (Å²) in [5.74, 6) is -4.80. The zero-order valence-corrected chi connectivity index (χ0v) is 39.7. The molecule has 0 bridgehead atoms. The Kier molecular flexibility index (Phi) is 16.4. The molecule has 0 unspecified atom stereocenters. The Labute approximate surface area is 426 Å². The number of hydrogen-bond donors (Lipinski definition) is 0. The highest BCUT2D eigenvalue weighted by atomic mass is 19.3. The second-order valence-corrected chi connectivity index (χ2v) is 16.3. The van der Waals surface area contributed by atoms with Gasteiger partial charge in [-0.25, -0.2) is 28.8 Å². The first-order valence-electron chi connectivity index (χ1n) is 23.2. The summed E-state index contributed by atoms with van der Waals surface area (Å²) < 4.78 is 81.9. The van der Waals surface area contributed by atoms with Gasteiger partial charge in [-0.2, -0.15) is 0 Å². The van der Waals surface area contributed by atoms with E-state index < -0.39 is 65.1 Å². The molecule has 0 spiro atoms. The summed E-state index contributed by atoms with van der Waals surface area (Å²) in [7, 11) is 0. The summed E-state index contributed by atoms with van der Waals surface area (Å²) in [5.41, 5.74) is 0.620. The van der Waals surface area contributed by atoms with Crippen LogP contribution in [0.25, 0.3) is 21.5 Å². The van der Waals surface area contributed by atoms with Gasteiger partial charge in [-0.15, -0.1) is 8.78 Å². The van der Waals surface area contributed by atoms with E-state index in [4.69, 9.17) is 47.4 Å². The number of benzene rings is 7. The van der Waals surface area contributed by atoms with Crippen LogP contribution in [-0.4, -0.2) is 68.5 Å². The summed E-state index contributed by atoms with van der Waals surface area (Å²) in [6.07, 6.45) is 0.511. The molecule has 0 aromatic heterocycles. The Morgan fingerprint density at radius 2 is 0.747 bits per heavy atom. The Morgan fingerprint density at radius 3 is 1.15 bits per heavy atom. The van der Waals surface area contributed by atoms with E-state index in [2.05, 4.69) is 13.2 Å². The topological polar surface area (TPSA) is 195 Å². The zero-order valence-electron chi connectivity index (χ0n) is 39.7. The van der Waals surface area contributed by atoms with Crippen LogP contribution < -0.4 is 37.9 Å². The van der Waals surface area contributed by atoms with Gasteiger partial charge in [-0.05, 0) is 156 Å². The Balaban J connectivity index is 0.842. The van der Waals surface area contributed by atoms with Crippen molar-refractivity contribution < 1.29 is 84.9 Å². The minimum atomic E-state index is -4.20. The van der Waals surface area contributed by atoms with Crippen LogP contribution in [0.3, 0.4) is 0 Å². The minimum absolute atomic E-state index is 0.0368. The van der Waals surface area contributed by atoms with Crippen molar-refractivity contribution in [1.82, 2.24) is 0 Å². The van der Waals surface area contributed by atoms with Crippen LogP contribution in [0.15, 0.2) is 159 Å². The number of ether oxygens (including phenoxy) is 10. The van der Waals surface area contributed by atoms with Gasteiger partial charge >= 0.3 is 42.1 Å². The van der Waals surface area contributed by atoms with Crippen LogP contribution in [0.1, 0.15) is 67.1 Å². The molecule has 1 aliphatic heterocycles. The number of carbonyl (C=O) groups is 6. The molecule has 18 heteroatoms. The Hall–Kier alpha value is -9.58. The second-order valence-electron chi connectivity index (χ2n) is 16.3. The third-order valence-corrected chi connectivity index (χ3v) is 11.0. The average Bonchev–Trinajstić information content (AvgIpc) is 3.76. The first kappa shape index (κ1) is 51.8. The monoisotopic (exact) mass is 1020 g/mol. The maximum Gasteiger partial charge on any atom is 0.586 e. The van der Waals surface area contributed by atoms with Crippen LogP contribution in [0.5, 0.6) is 46.0 Å². The van der Waals surface area contributed by atoms with Gasteiger partial charge in [0.25, 0.3) is 0 Å². The van der Waals surface area contributed by atoms with E-state index in [0.717, 1.165) is 24.3 Å². The molecule has 0 radical (unpaired) electrons. The molecule has 1 aliphatic rings. The van der Waals surface area contributed by atoms with Crippen molar-refractivity contribution in [1.29, 1.82) is 0 Å². The number of rotatable bonds is 22. The van der Waals surface area contributed by atoms with Crippen molar-refractivity contribution in [3.63, 3.8) is 0 Å². The maximum atomic E-state index is 14.6. The molecule has 0 fully saturated rings. The van der Waals surface area contributed by atoms with E-state index in [9.17, 15) is 37.5 Å². The van der Waals surface area contributed by atoms with E-state index in [0.29, 0.717) is 71.9 Å². The minimum Gasteiger partial charge on any atom is -0.494 e. The quantitative estimate of drug-likeness (QED) is 0.0269. The van der Waals surface area contributed by atoms with E-state index >= 15 is 0 Å². The third-order valence-electron chi connectivity index (χ3n) is 11.0. The first-order valence-corrected chi connectivity index (χ1v) is 23.2. The molecular formula is C57H44F2O16. The van der Waals surface area contributed by atoms with E-state index in [1.807, 2.05) is 0 Å². The Morgan fingerprint density at radius 1 is 0.413 bits per heavy atom. The summed E-state index contributed by atoms with van der Waals surface area (Å²) in [4.78, 5) is 74.9. The number of fused-ring (bicyclic) bond motifs is 3. The highest BCUT2D eigenvalue weighted by Crippen LogP contribution is 2.52. The molecule has 75 heavy (non-hydrogen) atoms. The van der Waals surface area contributed by atoms with Gasteiger partial charge in [-0.3, -0.25) is 0 Å². The molecule has 7 aromatic carbocycles. The molecule has 1 heterocycles. The third kappa shape index (κ3) is 13.7. The molecule has 0 aliphatic carbocycles. The lowest BCUT2D eigenvalue weighted by Crippen LogP contribution is -2.26. The summed E-state index contributed by atoms with van der Waals surface area (Å²) in [5, 5.41) is 2.31. The largest absolute Gasteiger partial charge is 0.586 e. The van der Waals surface area contributed by atoms with Crippen molar-refractivity contribution >= 4 is 57.4 Å². The number of unbranched alkanes of at least 4 members (excludes halogenated alkanes) is 2. The summed E-state index contributed by atoms with van der Waals surface area (Å²) in [6.45, 7) is 7.96. The van der Waals surface area contributed by atoms with Gasteiger partial charge in [0.2, 0.25) is 11.5 Å². The van der Waals surface area contributed by atoms with Gasteiger partial charge in [-0.1, -0.05) is 37.4 Å². The second kappa shape index (κ2) is 23.8. The number of halogens is 2. The summed E-state index contributed by atoms with van der Waals surface area (Å²) in [6, 6.07) is 33.5.